The Morgan fingerprint density at radius 3 is 2.84 bits per heavy atom. The third-order valence-electron chi connectivity index (χ3n) is 4.35. The zero-order valence-corrected chi connectivity index (χ0v) is 13.2. The molecule has 1 fully saturated rings. The lowest BCUT2D eigenvalue weighted by molar-refractivity contribution is 0.0940. The standard InChI is InChI=1S/C17H15F2N5O/c18-11-2-4-16(13(19)8-11)24-6-5-12(9-24)20-17(25)10-1-3-14-15(7-10)22-23-21-14/h1-4,7-8,12H,5-6,9H2,(H,20,25)(H,21,22,23). The van der Waals surface area contributed by atoms with Crippen LogP contribution in [0.2, 0.25) is 0 Å². The molecule has 6 nitrogen and oxygen atoms in total. The molecule has 0 spiro atoms. The summed E-state index contributed by atoms with van der Waals surface area (Å²) in [6.07, 6.45) is 0.689. The lowest BCUT2D eigenvalue weighted by Gasteiger charge is -2.19. The van der Waals surface area contributed by atoms with Crippen LogP contribution in [0.15, 0.2) is 36.4 Å². The van der Waals surface area contributed by atoms with Crippen LogP contribution in [0.5, 0.6) is 0 Å². The number of anilines is 1. The number of aromatic nitrogens is 3. The Bertz CT molecular complexity index is 942. The molecule has 3 aromatic rings. The van der Waals surface area contributed by atoms with E-state index in [0.29, 0.717) is 41.8 Å². The minimum Gasteiger partial charge on any atom is -0.367 e. The van der Waals surface area contributed by atoms with E-state index in [1.165, 1.54) is 12.1 Å². The average molecular weight is 343 g/mol. The predicted molar refractivity (Wildman–Crippen MR) is 88.3 cm³/mol. The van der Waals surface area contributed by atoms with Crippen molar-refractivity contribution in [3.63, 3.8) is 0 Å². The van der Waals surface area contributed by atoms with Crippen molar-refractivity contribution < 1.29 is 13.6 Å². The van der Waals surface area contributed by atoms with Gasteiger partial charge in [0.1, 0.15) is 22.7 Å². The summed E-state index contributed by atoms with van der Waals surface area (Å²) >= 11 is 0. The number of nitrogens with zero attached hydrogens (tertiary/aromatic N) is 3. The van der Waals surface area contributed by atoms with Gasteiger partial charge in [-0.2, -0.15) is 15.4 Å². The Morgan fingerprint density at radius 1 is 1.16 bits per heavy atom. The Hall–Kier alpha value is -3.03. The van der Waals surface area contributed by atoms with Gasteiger partial charge in [0.05, 0.1) is 5.69 Å². The van der Waals surface area contributed by atoms with Crippen molar-refractivity contribution in [3.8, 4) is 0 Å². The van der Waals surface area contributed by atoms with Crippen molar-refractivity contribution in [1.29, 1.82) is 0 Å². The predicted octanol–water partition coefficient (Wildman–Crippen LogP) is 2.24. The number of rotatable bonds is 3. The molecule has 8 heteroatoms. The van der Waals surface area contributed by atoms with Gasteiger partial charge in [0.15, 0.2) is 0 Å². The van der Waals surface area contributed by atoms with Gasteiger partial charge in [-0.1, -0.05) is 0 Å². The highest BCUT2D eigenvalue weighted by Gasteiger charge is 2.26. The molecule has 128 valence electrons. The Labute approximate surface area is 141 Å². The van der Waals surface area contributed by atoms with Crippen molar-refractivity contribution in [2.45, 2.75) is 12.5 Å². The summed E-state index contributed by atoms with van der Waals surface area (Å²) in [7, 11) is 0. The summed E-state index contributed by atoms with van der Waals surface area (Å²) in [6, 6.07) is 8.50. The zero-order valence-electron chi connectivity index (χ0n) is 13.2. The summed E-state index contributed by atoms with van der Waals surface area (Å²) in [5.41, 5.74) is 2.15. The second kappa shape index (κ2) is 6.12. The topological polar surface area (TPSA) is 73.9 Å². The van der Waals surface area contributed by atoms with Gasteiger partial charge in [-0.25, -0.2) is 8.78 Å². The number of H-pyrrole nitrogens is 1. The Balaban J connectivity index is 1.44. The molecule has 0 aliphatic carbocycles. The van der Waals surface area contributed by atoms with Crippen molar-refractivity contribution in [3.05, 3.63) is 53.6 Å². The van der Waals surface area contributed by atoms with Gasteiger partial charge in [0.25, 0.3) is 5.91 Å². The number of nitrogens with one attached hydrogen (secondary N) is 2. The fraction of sp³-hybridized carbons (Fsp3) is 0.235. The molecule has 1 aromatic heterocycles. The van der Waals surface area contributed by atoms with E-state index >= 15 is 0 Å². The largest absolute Gasteiger partial charge is 0.367 e. The van der Waals surface area contributed by atoms with Gasteiger partial charge in [-0.15, -0.1) is 0 Å². The van der Waals surface area contributed by atoms with Crippen LogP contribution >= 0.6 is 0 Å². The molecule has 25 heavy (non-hydrogen) atoms. The average Bonchev–Trinajstić information content (AvgIpc) is 3.23. The van der Waals surface area contributed by atoms with E-state index in [1.807, 2.05) is 0 Å². The highest BCUT2D eigenvalue weighted by Crippen LogP contribution is 2.24. The first-order valence-corrected chi connectivity index (χ1v) is 7.91. The lowest BCUT2D eigenvalue weighted by Crippen LogP contribution is -2.37. The molecule has 1 unspecified atom stereocenters. The monoisotopic (exact) mass is 343 g/mol. The van der Waals surface area contributed by atoms with Gasteiger partial charge in [-0.3, -0.25) is 4.79 Å². The van der Waals surface area contributed by atoms with Crippen LogP contribution < -0.4 is 10.2 Å². The maximum atomic E-state index is 13.9. The number of amides is 1. The minimum absolute atomic E-state index is 0.107. The number of hydrogen-bond donors (Lipinski definition) is 2. The molecule has 1 atom stereocenters. The summed E-state index contributed by atoms with van der Waals surface area (Å²) in [5, 5.41) is 13.4. The number of aromatic amines is 1. The maximum absolute atomic E-state index is 13.9. The normalized spacial score (nSPS) is 17.2. The second-order valence-corrected chi connectivity index (χ2v) is 6.03. The molecule has 1 saturated heterocycles. The molecule has 2 N–H and O–H groups in total. The highest BCUT2D eigenvalue weighted by atomic mass is 19.1. The molecular formula is C17H15F2N5O. The van der Waals surface area contributed by atoms with Crippen LogP contribution in [0, 0.1) is 11.6 Å². The molecule has 2 heterocycles. The quantitative estimate of drug-likeness (QED) is 0.765. The van der Waals surface area contributed by atoms with Crippen molar-refractivity contribution in [2.24, 2.45) is 0 Å². The smallest absolute Gasteiger partial charge is 0.251 e. The van der Waals surface area contributed by atoms with Gasteiger partial charge in [-0.05, 0) is 36.8 Å². The van der Waals surface area contributed by atoms with E-state index in [9.17, 15) is 13.6 Å². The molecule has 2 aromatic carbocycles. The number of carbonyl (C=O) groups excluding carboxylic acids is 1. The van der Waals surface area contributed by atoms with Crippen molar-refractivity contribution >= 4 is 22.6 Å². The molecule has 0 radical (unpaired) electrons. The van der Waals surface area contributed by atoms with Crippen LogP contribution in [0.3, 0.4) is 0 Å². The van der Waals surface area contributed by atoms with E-state index < -0.39 is 11.6 Å². The fourth-order valence-corrected chi connectivity index (χ4v) is 3.08. The first-order valence-electron chi connectivity index (χ1n) is 7.91. The highest BCUT2D eigenvalue weighted by molar-refractivity contribution is 5.97. The maximum Gasteiger partial charge on any atom is 0.251 e. The Morgan fingerprint density at radius 2 is 2.00 bits per heavy atom. The van der Waals surface area contributed by atoms with Gasteiger partial charge >= 0.3 is 0 Å². The summed E-state index contributed by atoms with van der Waals surface area (Å²) in [4.78, 5) is 14.2. The number of halogens is 2. The zero-order chi connectivity index (χ0) is 17.4. The van der Waals surface area contributed by atoms with E-state index in [4.69, 9.17) is 0 Å². The second-order valence-electron chi connectivity index (χ2n) is 6.03. The number of hydrogen-bond acceptors (Lipinski definition) is 4. The summed E-state index contributed by atoms with van der Waals surface area (Å²) < 4.78 is 26.9. The van der Waals surface area contributed by atoms with Crippen LogP contribution in [0.4, 0.5) is 14.5 Å². The minimum atomic E-state index is -0.603. The lowest BCUT2D eigenvalue weighted by atomic mass is 10.1. The van der Waals surface area contributed by atoms with E-state index in [2.05, 4.69) is 20.7 Å². The van der Waals surface area contributed by atoms with Gasteiger partial charge < -0.3 is 10.2 Å². The Kier molecular flexibility index (Phi) is 3.79. The first kappa shape index (κ1) is 15.5. The molecule has 0 bridgehead atoms. The van der Waals surface area contributed by atoms with Gasteiger partial charge in [0, 0.05) is 30.8 Å². The molecule has 1 amide bonds. The van der Waals surface area contributed by atoms with Gasteiger partial charge in [0.2, 0.25) is 0 Å². The molecular weight excluding hydrogens is 328 g/mol. The van der Waals surface area contributed by atoms with E-state index in [-0.39, 0.29) is 11.9 Å². The van der Waals surface area contributed by atoms with Crippen LogP contribution in [-0.4, -0.2) is 40.4 Å². The fourth-order valence-electron chi connectivity index (χ4n) is 3.08. The van der Waals surface area contributed by atoms with Crippen molar-refractivity contribution in [2.75, 3.05) is 18.0 Å². The van der Waals surface area contributed by atoms with Crippen LogP contribution in [0.1, 0.15) is 16.8 Å². The summed E-state index contributed by atoms with van der Waals surface area (Å²) in [6.45, 7) is 1.07. The number of carbonyl (C=O) groups is 1. The number of benzene rings is 2. The van der Waals surface area contributed by atoms with Crippen LogP contribution in [0.25, 0.3) is 11.0 Å². The van der Waals surface area contributed by atoms with E-state index in [1.54, 1.807) is 23.1 Å². The van der Waals surface area contributed by atoms with E-state index in [0.717, 1.165) is 6.07 Å². The van der Waals surface area contributed by atoms with Crippen LogP contribution in [-0.2, 0) is 0 Å². The third kappa shape index (κ3) is 3.02. The molecule has 4 rings (SSSR count). The SMILES string of the molecule is O=C(NC1CCN(c2ccc(F)cc2F)C1)c1ccc2n[nH]nc2c1. The summed E-state index contributed by atoms with van der Waals surface area (Å²) in [5.74, 6) is -1.41. The molecule has 1 aliphatic rings. The third-order valence-corrected chi connectivity index (χ3v) is 4.35. The molecule has 0 saturated carbocycles. The van der Waals surface area contributed by atoms with Crippen molar-refractivity contribution in [1.82, 2.24) is 20.7 Å². The molecule has 1 aliphatic heterocycles. The number of fused-ring (bicyclic) bond motifs is 1. The first-order chi connectivity index (χ1) is 12.1.